The van der Waals surface area contributed by atoms with Crippen LogP contribution in [0.4, 0.5) is 10.5 Å². The van der Waals surface area contributed by atoms with Crippen molar-refractivity contribution in [3.8, 4) is 0 Å². The molecule has 2 aromatic carbocycles. The van der Waals surface area contributed by atoms with Crippen LogP contribution in [0.5, 0.6) is 0 Å². The molecule has 31 heavy (non-hydrogen) atoms. The van der Waals surface area contributed by atoms with Crippen molar-refractivity contribution in [2.75, 3.05) is 18.0 Å². The van der Waals surface area contributed by atoms with Gasteiger partial charge in [-0.1, -0.05) is 42.5 Å². The zero-order valence-corrected chi connectivity index (χ0v) is 18.1. The van der Waals surface area contributed by atoms with Crippen LogP contribution in [-0.2, 0) is 9.53 Å². The Bertz CT molecular complexity index is 961. The van der Waals surface area contributed by atoms with E-state index in [0.29, 0.717) is 11.3 Å². The van der Waals surface area contributed by atoms with Crippen LogP contribution >= 0.6 is 0 Å². The molecule has 0 radical (unpaired) electrons. The lowest BCUT2D eigenvalue weighted by Crippen LogP contribution is -2.45. The molecule has 1 fully saturated rings. The summed E-state index contributed by atoms with van der Waals surface area (Å²) in [5, 5.41) is 5.73. The van der Waals surface area contributed by atoms with Crippen LogP contribution in [0.3, 0.4) is 0 Å². The molecule has 0 saturated carbocycles. The molecule has 6 heteroatoms. The molecule has 2 N–H and O–H groups in total. The molecule has 2 heterocycles. The number of carbonyl (C=O) groups excluding carboxylic acids is 2. The van der Waals surface area contributed by atoms with Gasteiger partial charge in [-0.15, -0.1) is 0 Å². The molecule has 2 aliphatic rings. The van der Waals surface area contributed by atoms with Gasteiger partial charge in [-0.3, -0.25) is 0 Å². The molecule has 0 aromatic heterocycles. The lowest BCUT2D eigenvalue weighted by molar-refractivity contribution is -0.143. The van der Waals surface area contributed by atoms with Crippen molar-refractivity contribution in [1.82, 2.24) is 10.6 Å². The number of nitrogens with zero attached hydrogens (tertiary/aromatic N) is 1. The van der Waals surface area contributed by atoms with Gasteiger partial charge in [-0.25, -0.2) is 9.59 Å². The van der Waals surface area contributed by atoms with E-state index in [1.807, 2.05) is 56.3 Å². The third-order valence-electron chi connectivity index (χ3n) is 5.64. The van der Waals surface area contributed by atoms with Crippen LogP contribution in [-0.4, -0.2) is 31.2 Å². The molecule has 6 nitrogen and oxygen atoms in total. The summed E-state index contributed by atoms with van der Waals surface area (Å²) in [5.41, 5.74) is 3.68. The van der Waals surface area contributed by atoms with Gasteiger partial charge >= 0.3 is 12.0 Å². The van der Waals surface area contributed by atoms with Crippen molar-refractivity contribution >= 4 is 23.4 Å². The number of amides is 2. The first-order valence-corrected chi connectivity index (χ1v) is 11.0. The number of carbonyl (C=O) groups is 2. The highest BCUT2D eigenvalue weighted by Crippen LogP contribution is 2.33. The third kappa shape index (κ3) is 4.74. The number of esters is 1. The van der Waals surface area contributed by atoms with Crippen molar-refractivity contribution in [2.24, 2.45) is 0 Å². The second-order valence-electron chi connectivity index (χ2n) is 8.28. The average molecular weight is 420 g/mol. The number of ether oxygens (including phenoxy) is 1. The van der Waals surface area contributed by atoms with Gasteiger partial charge in [0.2, 0.25) is 0 Å². The molecule has 2 aliphatic heterocycles. The first-order chi connectivity index (χ1) is 15.0. The van der Waals surface area contributed by atoms with Crippen LogP contribution in [0.15, 0.2) is 60.2 Å². The van der Waals surface area contributed by atoms with E-state index >= 15 is 0 Å². The minimum atomic E-state index is -0.592. The number of hydrogen-bond donors (Lipinski definition) is 2. The van der Waals surface area contributed by atoms with Crippen LogP contribution in [0, 0.1) is 0 Å². The minimum absolute atomic E-state index is 0.267. The summed E-state index contributed by atoms with van der Waals surface area (Å²) in [7, 11) is 0. The van der Waals surface area contributed by atoms with Crippen molar-refractivity contribution < 1.29 is 14.3 Å². The van der Waals surface area contributed by atoms with Gasteiger partial charge in [0, 0.05) is 18.8 Å². The number of rotatable bonds is 5. The summed E-state index contributed by atoms with van der Waals surface area (Å²) in [6.45, 7) is 5.76. The highest BCUT2D eigenvalue weighted by atomic mass is 16.5. The maximum atomic E-state index is 13.1. The Morgan fingerprint density at radius 3 is 2.32 bits per heavy atom. The highest BCUT2D eigenvalue weighted by Gasteiger charge is 2.34. The summed E-state index contributed by atoms with van der Waals surface area (Å²) in [5.74, 6) is -0.438. The minimum Gasteiger partial charge on any atom is -0.459 e. The lowest BCUT2D eigenvalue weighted by atomic mass is 9.92. The predicted octanol–water partition coefficient (Wildman–Crippen LogP) is 4.39. The van der Waals surface area contributed by atoms with Crippen molar-refractivity contribution in [2.45, 2.75) is 45.3 Å². The van der Waals surface area contributed by atoms with Gasteiger partial charge in [-0.05, 0) is 56.4 Å². The Kier molecular flexibility index (Phi) is 6.26. The van der Waals surface area contributed by atoms with E-state index in [-0.39, 0.29) is 12.1 Å². The first kappa shape index (κ1) is 21.0. The normalized spacial score (nSPS) is 19.1. The highest BCUT2D eigenvalue weighted by molar-refractivity contribution is 6.04. The maximum absolute atomic E-state index is 13.1. The van der Waals surface area contributed by atoms with E-state index in [9.17, 15) is 9.59 Å². The maximum Gasteiger partial charge on any atom is 0.338 e. The van der Waals surface area contributed by atoms with Gasteiger partial charge in [0.1, 0.15) is 0 Å². The zero-order valence-electron chi connectivity index (χ0n) is 18.1. The summed E-state index contributed by atoms with van der Waals surface area (Å²) in [4.78, 5) is 28.0. The van der Waals surface area contributed by atoms with E-state index in [1.165, 1.54) is 24.9 Å². The number of nitrogens with one attached hydrogen (secondary N) is 2. The molecular formula is C25H29N3O3. The molecule has 1 saturated heterocycles. The van der Waals surface area contributed by atoms with Crippen molar-refractivity contribution in [3.63, 3.8) is 0 Å². The number of benzene rings is 2. The zero-order chi connectivity index (χ0) is 21.8. The smallest absolute Gasteiger partial charge is 0.338 e. The van der Waals surface area contributed by atoms with Gasteiger partial charge in [0.15, 0.2) is 0 Å². The van der Waals surface area contributed by atoms with Gasteiger partial charge in [-0.2, -0.15) is 0 Å². The van der Waals surface area contributed by atoms with Gasteiger partial charge in [0.25, 0.3) is 0 Å². The average Bonchev–Trinajstić information content (AvgIpc) is 2.79. The Balaban J connectivity index is 1.73. The summed E-state index contributed by atoms with van der Waals surface area (Å²) in [6, 6.07) is 16.6. The molecule has 1 unspecified atom stereocenters. The second kappa shape index (κ2) is 9.25. The van der Waals surface area contributed by atoms with E-state index in [2.05, 4.69) is 27.7 Å². The molecule has 2 amide bonds. The molecule has 2 aromatic rings. The predicted molar refractivity (Wildman–Crippen MR) is 122 cm³/mol. The molecular weight excluding hydrogens is 390 g/mol. The van der Waals surface area contributed by atoms with Gasteiger partial charge in [0.05, 0.1) is 23.4 Å². The van der Waals surface area contributed by atoms with Gasteiger partial charge < -0.3 is 20.3 Å². The van der Waals surface area contributed by atoms with Crippen LogP contribution in [0.1, 0.15) is 50.3 Å². The Morgan fingerprint density at radius 2 is 1.68 bits per heavy atom. The fourth-order valence-electron chi connectivity index (χ4n) is 4.17. The third-order valence-corrected chi connectivity index (χ3v) is 5.64. The second-order valence-corrected chi connectivity index (χ2v) is 8.28. The summed E-state index contributed by atoms with van der Waals surface area (Å²) >= 11 is 0. The molecule has 162 valence electrons. The summed E-state index contributed by atoms with van der Waals surface area (Å²) < 4.78 is 5.55. The Hall–Kier alpha value is -3.28. The number of piperidine rings is 1. The molecule has 0 spiro atoms. The SMILES string of the molecule is CC(C)OC(=O)C1=C(c2ccccc2)NC(=O)NC1c1ccc(N2CCCCC2)cc1. The monoisotopic (exact) mass is 419 g/mol. The topological polar surface area (TPSA) is 70.7 Å². The van der Waals surface area contributed by atoms with Crippen LogP contribution in [0.2, 0.25) is 0 Å². The fourth-order valence-corrected chi connectivity index (χ4v) is 4.17. The van der Waals surface area contributed by atoms with Crippen LogP contribution < -0.4 is 15.5 Å². The molecule has 0 aliphatic carbocycles. The number of anilines is 1. The molecule has 4 rings (SSSR count). The number of urea groups is 1. The van der Waals surface area contributed by atoms with E-state index in [1.54, 1.807) is 0 Å². The van der Waals surface area contributed by atoms with E-state index in [4.69, 9.17) is 4.74 Å². The quantitative estimate of drug-likeness (QED) is 0.705. The Morgan fingerprint density at radius 1 is 1.00 bits per heavy atom. The van der Waals surface area contributed by atoms with Crippen LogP contribution in [0.25, 0.3) is 5.70 Å². The molecule has 0 bridgehead atoms. The van der Waals surface area contributed by atoms with Crippen molar-refractivity contribution in [3.05, 3.63) is 71.3 Å². The Labute approximate surface area is 183 Å². The van der Waals surface area contributed by atoms with E-state index < -0.39 is 12.0 Å². The number of hydrogen-bond acceptors (Lipinski definition) is 4. The molecule has 1 atom stereocenters. The lowest BCUT2D eigenvalue weighted by Gasteiger charge is -2.31. The van der Waals surface area contributed by atoms with Crippen molar-refractivity contribution in [1.29, 1.82) is 0 Å². The first-order valence-electron chi connectivity index (χ1n) is 11.0. The fraction of sp³-hybridized carbons (Fsp3) is 0.360. The largest absolute Gasteiger partial charge is 0.459 e. The standard InChI is InChI=1S/C25H29N3O3/c1-17(2)31-24(29)21-22(18-9-5-3-6-10-18)26-25(30)27-23(21)19-11-13-20(14-12-19)28-15-7-4-8-16-28/h3,5-6,9-14,17,23H,4,7-8,15-16H2,1-2H3,(H2,26,27,30). The van der Waals surface area contributed by atoms with E-state index in [0.717, 1.165) is 24.2 Å². The summed E-state index contributed by atoms with van der Waals surface area (Å²) in [6.07, 6.45) is 3.43.